The number of aromatic nitrogens is 2. The van der Waals surface area contributed by atoms with Crippen LogP contribution in [0.3, 0.4) is 0 Å². The Hall–Kier alpha value is -2.44. The quantitative estimate of drug-likeness (QED) is 0.909. The first-order chi connectivity index (χ1) is 11.6. The summed E-state index contributed by atoms with van der Waals surface area (Å²) in [6.45, 7) is 1.22. The van der Waals surface area contributed by atoms with Gasteiger partial charge in [0.2, 0.25) is 0 Å². The summed E-state index contributed by atoms with van der Waals surface area (Å²) < 4.78 is 31.6. The van der Waals surface area contributed by atoms with Gasteiger partial charge in [0.25, 0.3) is 5.92 Å². The van der Waals surface area contributed by atoms with Crippen LogP contribution in [0.5, 0.6) is 5.75 Å². The van der Waals surface area contributed by atoms with E-state index in [0.717, 1.165) is 17.0 Å². The SMILES string of the molecule is COc1ccc(CNc2cnnc(N3CCC(F)(F)CC3)c2)cc1. The number of benzene rings is 1. The molecule has 2 aromatic rings. The summed E-state index contributed by atoms with van der Waals surface area (Å²) >= 11 is 0. The van der Waals surface area contributed by atoms with Gasteiger partial charge in [-0.15, -0.1) is 5.10 Å². The summed E-state index contributed by atoms with van der Waals surface area (Å²) in [6.07, 6.45) is 1.35. The second-order valence-electron chi connectivity index (χ2n) is 5.85. The van der Waals surface area contributed by atoms with Crippen molar-refractivity contribution >= 4 is 11.5 Å². The van der Waals surface area contributed by atoms with Gasteiger partial charge in [0.05, 0.1) is 19.0 Å². The Morgan fingerprint density at radius 1 is 1.21 bits per heavy atom. The van der Waals surface area contributed by atoms with Crippen LogP contribution in [0.1, 0.15) is 18.4 Å². The van der Waals surface area contributed by atoms with Crippen molar-refractivity contribution in [3.63, 3.8) is 0 Å². The molecule has 2 heterocycles. The number of halogens is 2. The highest BCUT2D eigenvalue weighted by molar-refractivity contribution is 5.52. The zero-order chi connectivity index (χ0) is 17.0. The molecule has 1 aliphatic heterocycles. The minimum absolute atomic E-state index is 0.141. The average molecular weight is 334 g/mol. The summed E-state index contributed by atoms with van der Waals surface area (Å²) in [5.74, 6) is -1.12. The van der Waals surface area contributed by atoms with Crippen molar-refractivity contribution < 1.29 is 13.5 Å². The molecule has 0 amide bonds. The normalized spacial score (nSPS) is 16.7. The summed E-state index contributed by atoms with van der Waals surface area (Å²) in [4.78, 5) is 1.85. The summed E-state index contributed by atoms with van der Waals surface area (Å²) in [6, 6.07) is 9.62. The molecule has 1 saturated heterocycles. The van der Waals surface area contributed by atoms with Gasteiger partial charge >= 0.3 is 0 Å². The highest BCUT2D eigenvalue weighted by Crippen LogP contribution is 2.30. The molecule has 24 heavy (non-hydrogen) atoms. The first-order valence-electron chi connectivity index (χ1n) is 7.88. The fraction of sp³-hybridized carbons (Fsp3) is 0.412. The van der Waals surface area contributed by atoms with Crippen molar-refractivity contribution in [2.75, 3.05) is 30.4 Å². The standard InChI is InChI=1S/C17H20F2N4O/c1-24-15-4-2-13(3-5-15)11-20-14-10-16(22-21-12-14)23-8-6-17(18,19)7-9-23/h2-5,10,12H,6-9,11H2,1H3,(H,20,22). The molecule has 0 unspecified atom stereocenters. The van der Waals surface area contributed by atoms with Crippen molar-refractivity contribution in [1.82, 2.24) is 10.2 Å². The lowest BCUT2D eigenvalue weighted by Crippen LogP contribution is -2.39. The topological polar surface area (TPSA) is 50.3 Å². The molecule has 1 aliphatic rings. The second kappa shape index (κ2) is 6.98. The smallest absolute Gasteiger partial charge is 0.251 e. The van der Waals surface area contributed by atoms with Gasteiger partial charge < -0.3 is 15.0 Å². The molecule has 0 aliphatic carbocycles. The predicted molar refractivity (Wildman–Crippen MR) is 88.7 cm³/mol. The number of methoxy groups -OCH3 is 1. The van der Waals surface area contributed by atoms with E-state index in [4.69, 9.17) is 4.74 Å². The number of nitrogens with one attached hydrogen (secondary N) is 1. The Morgan fingerprint density at radius 3 is 2.58 bits per heavy atom. The molecule has 128 valence electrons. The number of ether oxygens (including phenoxy) is 1. The van der Waals surface area contributed by atoms with Gasteiger partial charge in [0.1, 0.15) is 5.75 Å². The van der Waals surface area contributed by atoms with Crippen molar-refractivity contribution in [3.05, 3.63) is 42.1 Å². The van der Waals surface area contributed by atoms with E-state index >= 15 is 0 Å². The molecular formula is C17H20F2N4O. The van der Waals surface area contributed by atoms with E-state index in [0.29, 0.717) is 25.5 Å². The third kappa shape index (κ3) is 4.10. The average Bonchev–Trinajstić information content (AvgIpc) is 2.60. The highest BCUT2D eigenvalue weighted by atomic mass is 19.3. The molecule has 1 aromatic carbocycles. The Morgan fingerprint density at radius 2 is 1.92 bits per heavy atom. The molecular weight excluding hydrogens is 314 g/mol. The van der Waals surface area contributed by atoms with Crippen LogP contribution in [0.25, 0.3) is 0 Å². The monoisotopic (exact) mass is 334 g/mol. The first-order valence-corrected chi connectivity index (χ1v) is 7.88. The van der Waals surface area contributed by atoms with Crippen LogP contribution in [0, 0.1) is 0 Å². The predicted octanol–water partition coefficient (Wildman–Crippen LogP) is 3.33. The summed E-state index contributed by atoms with van der Waals surface area (Å²) in [7, 11) is 1.63. The lowest BCUT2D eigenvalue weighted by atomic mass is 10.1. The molecule has 7 heteroatoms. The van der Waals surface area contributed by atoms with Gasteiger partial charge in [-0.25, -0.2) is 8.78 Å². The Bertz CT molecular complexity index is 669. The Balaban J connectivity index is 1.60. The Labute approximate surface area is 139 Å². The van der Waals surface area contributed by atoms with Gasteiger partial charge in [-0.1, -0.05) is 12.1 Å². The van der Waals surface area contributed by atoms with Gasteiger partial charge in [0, 0.05) is 38.5 Å². The number of rotatable bonds is 5. The largest absolute Gasteiger partial charge is 0.497 e. The first kappa shape index (κ1) is 16.4. The molecule has 3 rings (SSSR count). The fourth-order valence-corrected chi connectivity index (χ4v) is 2.62. The zero-order valence-corrected chi connectivity index (χ0v) is 13.5. The number of piperidine rings is 1. The highest BCUT2D eigenvalue weighted by Gasteiger charge is 2.34. The van der Waals surface area contributed by atoms with Crippen molar-refractivity contribution in [3.8, 4) is 5.75 Å². The third-order valence-electron chi connectivity index (χ3n) is 4.12. The minimum atomic E-state index is -2.56. The van der Waals surface area contributed by atoms with Gasteiger partial charge in [-0.05, 0) is 17.7 Å². The van der Waals surface area contributed by atoms with E-state index in [9.17, 15) is 8.78 Å². The van der Waals surface area contributed by atoms with E-state index in [1.165, 1.54) is 0 Å². The molecule has 0 bridgehead atoms. The van der Waals surface area contributed by atoms with Crippen LogP contribution in [0.2, 0.25) is 0 Å². The maximum Gasteiger partial charge on any atom is 0.251 e. The van der Waals surface area contributed by atoms with E-state index in [2.05, 4.69) is 15.5 Å². The summed E-state index contributed by atoms with van der Waals surface area (Å²) in [5, 5.41) is 11.3. The second-order valence-corrected chi connectivity index (χ2v) is 5.85. The van der Waals surface area contributed by atoms with Crippen LogP contribution < -0.4 is 15.0 Å². The molecule has 1 fully saturated rings. The number of hydrogen-bond acceptors (Lipinski definition) is 5. The van der Waals surface area contributed by atoms with Gasteiger partial charge in [-0.3, -0.25) is 0 Å². The van der Waals surface area contributed by atoms with E-state index in [1.807, 2.05) is 35.2 Å². The number of alkyl halides is 2. The van der Waals surface area contributed by atoms with Crippen molar-refractivity contribution in [2.24, 2.45) is 0 Å². The molecule has 0 spiro atoms. The molecule has 1 N–H and O–H groups in total. The van der Waals surface area contributed by atoms with Crippen LogP contribution in [-0.2, 0) is 6.54 Å². The number of nitrogens with zero attached hydrogens (tertiary/aromatic N) is 3. The van der Waals surface area contributed by atoms with Gasteiger partial charge in [-0.2, -0.15) is 5.10 Å². The summed E-state index contributed by atoms with van der Waals surface area (Å²) in [5.41, 5.74) is 1.92. The van der Waals surface area contributed by atoms with Crippen molar-refractivity contribution in [2.45, 2.75) is 25.3 Å². The van der Waals surface area contributed by atoms with Crippen LogP contribution in [0.4, 0.5) is 20.3 Å². The fourth-order valence-electron chi connectivity index (χ4n) is 2.62. The zero-order valence-electron chi connectivity index (χ0n) is 13.5. The molecule has 0 atom stereocenters. The molecule has 1 aromatic heterocycles. The number of anilines is 2. The Kier molecular flexibility index (Phi) is 4.78. The van der Waals surface area contributed by atoms with E-state index < -0.39 is 5.92 Å². The van der Waals surface area contributed by atoms with Crippen LogP contribution in [-0.4, -0.2) is 36.3 Å². The molecule has 0 radical (unpaired) electrons. The van der Waals surface area contributed by atoms with E-state index in [1.54, 1.807) is 13.3 Å². The van der Waals surface area contributed by atoms with Crippen molar-refractivity contribution in [1.29, 1.82) is 0 Å². The third-order valence-corrected chi connectivity index (χ3v) is 4.12. The minimum Gasteiger partial charge on any atom is -0.497 e. The molecule has 0 saturated carbocycles. The lowest BCUT2D eigenvalue weighted by Gasteiger charge is -2.32. The van der Waals surface area contributed by atoms with Gasteiger partial charge in [0.15, 0.2) is 5.82 Å². The lowest BCUT2D eigenvalue weighted by molar-refractivity contribution is -0.0221. The maximum absolute atomic E-state index is 13.3. The van der Waals surface area contributed by atoms with Crippen LogP contribution >= 0.6 is 0 Å². The van der Waals surface area contributed by atoms with E-state index in [-0.39, 0.29) is 12.8 Å². The number of hydrogen-bond donors (Lipinski definition) is 1. The van der Waals surface area contributed by atoms with Crippen LogP contribution in [0.15, 0.2) is 36.5 Å². The molecule has 5 nitrogen and oxygen atoms in total. The maximum atomic E-state index is 13.3.